The number of carbonyl (C=O) groups is 1. The molecule has 130 valence electrons. The molecule has 0 radical (unpaired) electrons. The Morgan fingerprint density at radius 2 is 2.04 bits per heavy atom. The molecule has 0 aliphatic carbocycles. The van der Waals surface area contributed by atoms with Gasteiger partial charge in [0.05, 0.1) is 18.0 Å². The lowest BCUT2D eigenvalue weighted by Crippen LogP contribution is -2.44. The third-order valence-corrected chi connectivity index (χ3v) is 6.19. The van der Waals surface area contributed by atoms with Crippen LogP contribution in [-0.4, -0.2) is 40.2 Å². The van der Waals surface area contributed by atoms with Crippen LogP contribution in [0, 0.1) is 0 Å². The number of hydrogen-bond acceptors (Lipinski definition) is 4. The number of aromatic nitrogens is 1. The lowest BCUT2D eigenvalue weighted by molar-refractivity contribution is -0.133. The molecule has 1 unspecified atom stereocenters. The van der Waals surface area contributed by atoms with E-state index in [9.17, 15) is 4.79 Å². The molecule has 3 heterocycles. The Bertz CT molecular complexity index is 704. The molecule has 0 saturated carbocycles. The van der Waals surface area contributed by atoms with Crippen LogP contribution in [0.15, 0.2) is 53.7 Å². The summed E-state index contributed by atoms with van der Waals surface area (Å²) in [4.78, 5) is 20.2. The zero-order chi connectivity index (χ0) is 17.1. The van der Waals surface area contributed by atoms with Gasteiger partial charge in [0.2, 0.25) is 5.91 Å². The zero-order valence-electron chi connectivity index (χ0n) is 14.1. The molecule has 25 heavy (non-hydrogen) atoms. The minimum absolute atomic E-state index is 0.0465. The second kappa shape index (κ2) is 7.58. The van der Waals surface area contributed by atoms with Gasteiger partial charge in [0.1, 0.15) is 0 Å². The topological polar surface area (TPSA) is 42.4 Å². The van der Waals surface area contributed by atoms with Crippen molar-refractivity contribution in [3.8, 4) is 0 Å². The highest BCUT2D eigenvalue weighted by atomic mass is 32.2. The van der Waals surface area contributed by atoms with E-state index in [-0.39, 0.29) is 17.3 Å². The predicted molar refractivity (Wildman–Crippen MR) is 98.4 cm³/mol. The van der Waals surface area contributed by atoms with Crippen LogP contribution in [0.25, 0.3) is 0 Å². The minimum atomic E-state index is 0.0465. The van der Waals surface area contributed by atoms with Gasteiger partial charge in [-0.25, -0.2) is 0 Å². The summed E-state index contributed by atoms with van der Waals surface area (Å²) in [5, 5.41) is 0.0465. The fourth-order valence-electron chi connectivity index (χ4n) is 3.46. The molecule has 1 amide bonds. The summed E-state index contributed by atoms with van der Waals surface area (Å²) < 4.78 is 5.99. The minimum Gasteiger partial charge on any atom is -0.373 e. The summed E-state index contributed by atoms with van der Waals surface area (Å²) in [6.45, 7) is 2.19. The number of rotatable bonds is 4. The second-order valence-electron chi connectivity index (χ2n) is 6.62. The van der Waals surface area contributed by atoms with Gasteiger partial charge in [-0.05, 0) is 42.5 Å². The van der Waals surface area contributed by atoms with Gasteiger partial charge in [-0.15, -0.1) is 11.8 Å². The lowest BCUT2D eigenvalue weighted by Gasteiger charge is -2.33. The third-order valence-electron chi connectivity index (χ3n) is 4.88. The van der Waals surface area contributed by atoms with Crippen LogP contribution in [0.1, 0.15) is 24.0 Å². The van der Waals surface area contributed by atoms with Gasteiger partial charge in [-0.1, -0.05) is 24.3 Å². The Balaban J connectivity index is 1.25. The number of nitrogens with zero attached hydrogens (tertiary/aromatic N) is 2. The molecular weight excluding hydrogens is 332 g/mol. The average molecular weight is 354 g/mol. The van der Waals surface area contributed by atoms with Crippen molar-refractivity contribution in [2.75, 3.05) is 13.1 Å². The fourth-order valence-corrected chi connectivity index (χ4v) is 4.74. The normalized spacial score (nSPS) is 20.5. The number of ether oxygens (including phenoxy) is 1. The van der Waals surface area contributed by atoms with Crippen molar-refractivity contribution in [2.24, 2.45) is 0 Å². The van der Waals surface area contributed by atoms with Gasteiger partial charge >= 0.3 is 0 Å². The van der Waals surface area contributed by atoms with E-state index in [1.165, 1.54) is 10.5 Å². The van der Waals surface area contributed by atoms with Gasteiger partial charge in [0.25, 0.3) is 0 Å². The largest absolute Gasteiger partial charge is 0.373 e. The van der Waals surface area contributed by atoms with E-state index in [4.69, 9.17) is 4.74 Å². The van der Waals surface area contributed by atoms with E-state index in [1.807, 2.05) is 29.3 Å². The number of benzene rings is 1. The van der Waals surface area contributed by atoms with Crippen LogP contribution in [0.4, 0.5) is 0 Å². The number of fused-ring (bicyclic) bond motifs is 1. The van der Waals surface area contributed by atoms with Crippen LogP contribution in [0.5, 0.6) is 0 Å². The van der Waals surface area contributed by atoms with E-state index in [0.29, 0.717) is 6.61 Å². The van der Waals surface area contributed by atoms with Crippen molar-refractivity contribution in [1.82, 2.24) is 9.88 Å². The maximum atomic E-state index is 12.8. The van der Waals surface area contributed by atoms with Crippen molar-refractivity contribution in [3.05, 3.63) is 59.9 Å². The number of pyridine rings is 1. The van der Waals surface area contributed by atoms with E-state index >= 15 is 0 Å². The van der Waals surface area contributed by atoms with Crippen LogP contribution >= 0.6 is 11.8 Å². The molecular formula is C20H22N2O2S. The quantitative estimate of drug-likeness (QED) is 0.845. The monoisotopic (exact) mass is 354 g/mol. The highest BCUT2D eigenvalue weighted by molar-refractivity contribution is 8.01. The molecule has 1 saturated heterocycles. The van der Waals surface area contributed by atoms with Gasteiger partial charge < -0.3 is 9.64 Å². The third kappa shape index (κ3) is 3.88. The second-order valence-corrected chi connectivity index (χ2v) is 7.86. The molecule has 2 aliphatic heterocycles. The Morgan fingerprint density at radius 3 is 2.80 bits per heavy atom. The molecule has 1 aromatic carbocycles. The van der Waals surface area contributed by atoms with Crippen LogP contribution < -0.4 is 0 Å². The van der Waals surface area contributed by atoms with E-state index in [2.05, 4.69) is 23.2 Å². The Labute approximate surface area is 152 Å². The van der Waals surface area contributed by atoms with Crippen molar-refractivity contribution in [2.45, 2.75) is 42.1 Å². The first-order valence-corrected chi connectivity index (χ1v) is 9.71. The number of amides is 1. The van der Waals surface area contributed by atoms with Gasteiger partial charge in [0.15, 0.2) is 0 Å². The van der Waals surface area contributed by atoms with Crippen molar-refractivity contribution in [3.63, 3.8) is 0 Å². The molecule has 1 fully saturated rings. The number of carbonyl (C=O) groups excluding carboxylic acids is 1. The first-order chi connectivity index (χ1) is 12.3. The molecule has 2 aromatic rings. The lowest BCUT2D eigenvalue weighted by atomic mass is 10.1. The smallest absolute Gasteiger partial charge is 0.236 e. The Morgan fingerprint density at radius 1 is 1.20 bits per heavy atom. The van der Waals surface area contributed by atoms with E-state index in [0.717, 1.165) is 37.9 Å². The Kier molecular flexibility index (Phi) is 5.04. The molecule has 4 nitrogen and oxygen atoms in total. The average Bonchev–Trinajstić information content (AvgIpc) is 3.11. The van der Waals surface area contributed by atoms with Gasteiger partial charge in [0, 0.05) is 30.4 Å². The van der Waals surface area contributed by atoms with Gasteiger partial charge in [-0.3, -0.25) is 9.78 Å². The predicted octanol–water partition coefficient (Wildman–Crippen LogP) is 3.31. The maximum absolute atomic E-state index is 12.8. The highest BCUT2D eigenvalue weighted by Crippen LogP contribution is 2.37. The first-order valence-electron chi connectivity index (χ1n) is 8.83. The summed E-state index contributed by atoms with van der Waals surface area (Å²) in [5.74, 6) is 0.284. The van der Waals surface area contributed by atoms with Crippen LogP contribution in [0.3, 0.4) is 0 Å². The summed E-state index contributed by atoms with van der Waals surface area (Å²) in [7, 11) is 0. The summed E-state index contributed by atoms with van der Waals surface area (Å²) in [5.41, 5.74) is 2.40. The number of hydrogen-bond donors (Lipinski definition) is 0. The molecule has 0 bridgehead atoms. The number of likely N-dealkylation sites (tertiary alicyclic amines) is 1. The molecule has 1 atom stereocenters. The number of thioether (sulfide) groups is 1. The standard InChI is InChI=1S/C20H22N2O2S/c23-20(19-12-16-5-1-2-6-18(16)25-19)22-10-7-17(8-11-22)24-14-15-4-3-9-21-13-15/h1-6,9,13,17,19H,7-8,10-12,14H2. The van der Waals surface area contributed by atoms with Crippen molar-refractivity contribution >= 4 is 17.7 Å². The maximum Gasteiger partial charge on any atom is 0.236 e. The molecule has 1 aromatic heterocycles. The molecule has 2 aliphatic rings. The number of piperidine rings is 1. The van der Waals surface area contributed by atoms with Crippen LogP contribution in [0.2, 0.25) is 0 Å². The van der Waals surface area contributed by atoms with Gasteiger partial charge in [-0.2, -0.15) is 0 Å². The summed E-state index contributed by atoms with van der Waals surface area (Å²) in [6, 6.07) is 12.3. The highest BCUT2D eigenvalue weighted by Gasteiger charge is 2.33. The fraction of sp³-hybridized carbons (Fsp3) is 0.400. The zero-order valence-corrected chi connectivity index (χ0v) is 15.0. The summed E-state index contributed by atoms with van der Waals surface area (Å²) >= 11 is 1.72. The van der Waals surface area contributed by atoms with E-state index < -0.39 is 0 Å². The van der Waals surface area contributed by atoms with Crippen molar-refractivity contribution in [1.29, 1.82) is 0 Å². The SMILES string of the molecule is O=C(C1Cc2ccccc2S1)N1CCC(OCc2cccnc2)CC1. The van der Waals surface area contributed by atoms with Crippen molar-refractivity contribution < 1.29 is 9.53 Å². The first kappa shape index (κ1) is 16.6. The molecule has 4 rings (SSSR count). The van der Waals surface area contributed by atoms with Crippen LogP contribution in [-0.2, 0) is 22.6 Å². The molecule has 5 heteroatoms. The molecule has 0 N–H and O–H groups in total. The molecule has 0 spiro atoms. The van der Waals surface area contributed by atoms with E-state index in [1.54, 1.807) is 18.0 Å². The summed E-state index contributed by atoms with van der Waals surface area (Å²) in [6.07, 6.45) is 6.53. The Hall–Kier alpha value is -1.85.